The molecule has 0 saturated carbocycles. The Morgan fingerprint density at radius 1 is 1.56 bits per heavy atom. The number of carbonyl (C=O) groups is 1. The Labute approximate surface area is 110 Å². The van der Waals surface area contributed by atoms with Crippen LogP contribution < -0.4 is 0 Å². The molecule has 0 fully saturated rings. The number of H-pyrrole nitrogens is 1. The number of nitrogens with zero attached hydrogens (tertiary/aromatic N) is 2. The molecule has 5 heteroatoms. The molecule has 0 atom stereocenters. The Morgan fingerprint density at radius 3 is 3.22 bits per heavy atom. The Balaban J connectivity index is 1.78. The number of fused-ring (bicyclic) bond motifs is 1. The summed E-state index contributed by atoms with van der Waals surface area (Å²) in [6.45, 7) is 3.55. The van der Waals surface area contributed by atoms with E-state index in [2.05, 4.69) is 17.1 Å². The lowest BCUT2D eigenvalue weighted by atomic mass is 10.1. The fourth-order valence-corrected chi connectivity index (χ4v) is 3.15. The highest BCUT2D eigenvalue weighted by Gasteiger charge is 2.23. The minimum absolute atomic E-state index is 0.145. The van der Waals surface area contributed by atoms with E-state index in [9.17, 15) is 4.79 Å². The molecule has 0 aliphatic carbocycles. The first-order valence-corrected chi connectivity index (χ1v) is 6.98. The standard InChI is InChI=1S/C13H15N3OS/c1-2-10-3-4-12(18-10)13(17)16-6-5-11-9(8-16)7-14-15-11/h3-4,7H,2,5-6,8H2,1H3,(H,14,15). The van der Waals surface area contributed by atoms with Crippen LogP contribution in [0.5, 0.6) is 0 Å². The van der Waals surface area contributed by atoms with Gasteiger partial charge in [-0.1, -0.05) is 6.92 Å². The number of carbonyl (C=O) groups excluding carboxylic acids is 1. The van der Waals surface area contributed by atoms with Gasteiger partial charge in [0.25, 0.3) is 5.91 Å². The molecule has 18 heavy (non-hydrogen) atoms. The first-order chi connectivity index (χ1) is 8.78. The predicted octanol–water partition coefficient (Wildman–Crippen LogP) is 2.23. The molecule has 0 unspecified atom stereocenters. The van der Waals surface area contributed by atoms with E-state index < -0.39 is 0 Å². The van der Waals surface area contributed by atoms with Crippen molar-refractivity contribution >= 4 is 17.2 Å². The third kappa shape index (κ3) is 1.95. The van der Waals surface area contributed by atoms with E-state index in [1.54, 1.807) is 11.3 Å². The van der Waals surface area contributed by atoms with Crippen molar-refractivity contribution in [3.05, 3.63) is 39.3 Å². The predicted molar refractivity (Wildman–Crippen MR) is 70.7 cm³/mol. The van der Waals surface area contributed by atoms with Crippen molar-refractivity contribution in [3.8, 4) is 0 Å². The van der Waals surface area contributed by atoms with Crippen LogP contribution >= 0.6 is 11.3 Å². The number of nitrogens with one attached hydrogen (secondary N) is 1. The lowest BCUT2D eigenvalue weighted by molar-refractivity contribution is 0.0739. The van der Waals surface area contributed by atoms with Crippen molar-refractivity contribution in [2.24, 2.45) is 0 Å². The Hall–Kier alpha value is -1.62. The topological polar surface area (TPSA) is 49.0 Å². The van der Waals surface area contributed by atoms with Crippen molar-refractivity contribution < 1.29 is 4.79 Å². The van der Waals surface area contributed by atoms with Gasteiger partial charge in [0.1, 0.15) is 0 Å². The molecule has 2 aromatic rings. The lowest BCUT2D eigenvalue weighted by Crippen LogP contribution is -2.35. The van der Waals surface area contributed by atoms with Gasteiger partial charge in [0, 0.05) is 35.6 Å². The zero-order valence-electron chi connectivity index (χ0n) is 10.3. The van der Waals surface area contributed by atoms with E-state index in [1.807, 2.05) is 23.2 Å². The van der Waals surface area contributed by atoms with Gasteiger partial charge in [-0.2, -0.15) is 5.10 Å². The van der Waals surface area contributed by atoms with Gasteiger partial charge in [-0.25, -0.2) is 0 Å². The van der Waals surface area contributed by atoms with Crippen LogP contribution in [0.25, 0.3) is 0 Å². The lowest BCUT2D eigenvalue weighted by Gasteiger charge is -2.26. The van der Waals surface area contributed by atoms with Gasteiger partial charge in [-0.15, -0.1) is 11.3 Å². The van der Waals surface area contributed by atoms with Crippen LogP contribution in [0.3, 0.4) is 0 Å². The summed E-state index contributed by atoms with van der Waals surface area (Å²) in [5.74, 6) is 0.145. The number of rotatable bonds is 2. The summed E-state index contributed by atoms with van der Waals surface area (Å²) in [5, 5.41) is 7.01. The van der Waals surface area contributed by atoms with Crippen LogP contribution in [0.4, 0.5) is 0 Å². The highest BCUT2D eigenvalue weighted by Crippen LogP contribution is 2.22. The van der Waals surface area contributed by atoms with Gasteiger partial charge in [0.15, 0.2) is 0 Å². The smallest absolute Gasteiger partial charge is 0.264 e. The zero-order valence-corrected chi connectivity index (χ0v) is 11.1. The molecule has 0 aromatic carbocycles. The van der Waals surface area contributed by atoms with Crippen LogP contribution in [0.2, 0.25) is 0 Å². The summed E-state index contributed by atoms with van der Waals surface area (Å²) in [7, 11) is 0. The molecule has 4 nitrogen and oxygen atoms in total. The highest BCUT2D eigenvalue weighted by atomic mass is 32.1. The maximum absolute atomic E-state index is 12.4. The molecule has 3 rings (SSSR count). The van der Waals surface area contributed by atoms with Crippen LogP contribution in [0.1, 0.15) is 32.7 Å². The van der Waals surface area contributed by atoms with Crippen LogP contribution in [-0.2, 0) is 19.4 Å². The second kappa shape index (κ2) is 4.57. The monoisotopic (exact) mass is 261 g/mol. The first kappa shape index (κ1) is 11.5. The van der Waals surface area contributed by atoms with Crippen molar-refractivity contribution in [1.82, 2.24) is 15.1 Å². The molecule has 2 aromatic heterocycles. The van der Waals surface area contributed by atoms with Gasteiger partial charge in [0.05, 0.1) is 11.1 Å². The van der Waals surface area contributed by atoms with E-state index in [1.165, 1.54) is 10.6 Å². The molecule has 0 bridgehead atoms. The van der Waals surface area contributed by atoms with Crippen LogP contribution in [0, 0.1) is 0 Å². The molecule has 1 aliphatic rings. The number of hydrogen-bond donors (Lipinski definition) is 1. The number of aryl methyl sites for hydroxylation is 1. The molecule has 1 aliphatic heterocycles. The van der Waals surface area contributed by atoms with Gasteiger partial charge in [-0.05, 0) is 18.6 Å². The highest BCUT2D eigenvalue weighted by molar-refractivity contribution is 7.14. The molecule has 1 N–H and O–H groups in total. The maximum Gasteiger partial charge on any atom is 0.264 e. The maximum atomic E-state index is 12.4. The molecular weight excluding hydrogens is 246 g/mol. The van der Waals surface area contributed by atoms with E-state index in [0.717, 1.165) is 29.8 Å². The van der Waals surface area contributed by atoms with E-state index in [0.29, 0.717) is 6.54 Å². The van der Waals surface area contributed by atoms with Gasteiger partial charge < -0.3 is 4.90 Å². The molecule has 1 amide bonds. The molecule has 0 radical (unpaired) electrons. The van der Waals surface area contributed by atoms with Gasteiger partial charge in [-0.3, -0.25) is 9.89 Å². The van der Waals surface area contributed by atoms with Gasteiger partial charge >= 0.3 is 0 Å². The summed E-state index contributed by atoms with van der Waals surface area (Å²) in [6, 6.07) is 3.99. The van der Waals surface area contributed by atoms with Crippen molar-refractivity contribution in [2.45, 2.75) is 26.3 Å². The average Bonchev–Trinajstić information content (AvgIpc) is 3.05. The van der Waals surface area contributed by atoms with Crippen LogP contribution in [-0.4, -0.2) is 27.5 Å². The Bertz CT molecular complexity index is 572. The number of hydrogen-bond acceptors (Lipinski definition) is 3. The van der Waals surface area contributed by atoms with E-state index in [-0.39, 0.29) is 5.91 Å². The van der Waals surface area contributed by atoms with Crippen molar-refractivity contribution in [1.29, 1.82) is 0 Å². The zero-order chi connectivity index (χ0) is 12.5. The summed E-state index contributed by atoms with van der Waals surface area (Å²) >= 11 is 1.60. The molecule has 0 saturated heterocycles. The molecule has 94 valence electrons. The largest absolute Gasteiger partial charge is 0.333 e. The quantitative estimate of drug-likeness (QED) is 0.901. The number of aromatic nitrogens is 2. The summed E-state index contributed by atoms with van der Waals surface area (Å²) in [5.41, 5.74) is 2.31. The molecule has 0 spiro atoms. The number of aromatic amines is 1. The minimum Gasteiger partial charge on any atom is -0.333 e. The third-order valence-corrected chi connectivity index (χ3v) is 4.53. The van der Waals surface area contributed by atoms with Crippen molar-refractivity contribution in [3.63, 3.8) is 0 Å². The third-order valence-electron chi connectivity index (χ3n) is 3.31. The first-order valence-electron chi connectivity index (χ1n) is 6.17. The summed E-state index contributed by atoms with van der Waals surface area (Å²) < 4.78 is 0. The average molecular weight is 261 g/mol. The summed E-state index contributed by atoms with van der Waals surface area (Å²) in [6.07, 6.45) is 3.68. The minimum atomic E-state index is 0.145. The Kier molecular flexibility index (Phi) is 2.91. The Morgan fingerprint density at radius 2 is 2.44 bits per heavy atom. The van der Waals surface area contributed by atoms with Gasteiger partial charge in [0.2, 0.25) is 0 Å². The number of amides is 1. The SMILES string of the molecule is CCc1ccc(C(=O)N2CCc3[nH]ncc3C2)s1. The number of thiophene rings is 1. The second-order valence-corrected chi connectivity index (χ2v) is 5.64. The molecular formula is C13H15N3OS. The fraction of sp³-hybridized carbons (Fsp3) is 0.385. The van der Waals surface area contributed by atoms with Crippen LogP contribution in [0.15, 0.2) is 18.3 Å². The van der Waals surface area contributed by atoms with E-state index in [4.69, 9.17) is 0 Å². The normalized spacial score (nSPS) is 14.6. The van der Waals surface area contributed by atoms with E-state index >= 15 is 0 Å². The van der Waals surface area contributed by atoms with Crippen molar-refractivity contribution in [2.75, 3.05) is 6.54 Å². The fourth-order valence-electron chi connectivity index (χ4n) is 2.23. The molecule has 3 heterocycles. The second-order valence-electron chi connectivity index (χ2n) is 4.47. The summed E-state index contributed by atoms with van der Waals surface area (Å²) in [4.78, 5) is 16.4.